The number of para-hydroxylation sites is 1. The van der Waals surface area contributed by atoms with Gasteiger partial charge in [-0.25, -0.2) is 8.42 Å². The summed E-state index contributed by atoms with van der Waals surface area (Å²) >= 11 is 1.19. The van der Waals surface area contributed by atoms with Crippen molar-refractivity contribution in [1.82, 2.24) is 5.32 Å². The van der Waals surface area contributed by atoms with E-state index in [2.05, 4.69) is 10.6 Å². The summed E-state index contributed by atoms with van der Waals surface area (Å²) in [5.41, 5.74) is 0.686. The lowest BCUT2D eigenvalue weighted by Crippen LogP contribution is -2.54. The highest BCUT2D eigenvalue weighted by atomic mass is 32.2. The summed E-state index contributed by atoms with van der Waals surface area (Å²) < 4.78 is 21.6. The Morgan fingerprint density at radius 1 is 1.41 bits per heavy atom. The SMILES string of the molecule is C[C@@]1(C(=O)N[C@H]2CCS(=O)(=O)C2)Sc2ccccc2NC1=O. The number of hydrogen-bond acceptors (Lipinski definition) is 5. The molecule has 0 radical (unpaired) electrons. The van der Waals surface area contributed by atoms with Crippen molar-refractivity contribution in [2.75, 3.05) is 16.8 Å². The fourth-order valence-electron chi connectivity index (χ4n) is 2.55. The zero-order valence-electron chi connectivity index (χ0n) is 12.0. The van der Waals surface area contributed by atoms with Gasteiger partial charge >= 0.3 is 0 Å². The van der Waals surface area contributed by atoms with Crippen LogP contribution in [-0.2, 0) is 19.4 Å². The molecular weight excluding hydrogens is 324 g/mol. The molecule has 0 unspecified atom stereocenters. The first-order valence-corrected chi connectivity index (χ1v) is 9.55. The number of rotatable bonds is 2. The van der Waals surface area contributed by atoms with E-state index in [0.29, 0.717) is 12.1 Å². The van der Waals surface area contributed by atoms with E-state index in [-0.39, 0.29) is 11.5 Å². The highest BCUT2D eigenvalue weighted by molar-refractivity contribution is 8.02. The molecule has 6 nitrogen and oxygen atoms in total. The standard InChI is InChI=1S/C14H16N2O4S2/c1-14(12(17)15-9-6-7-22(19,20)8-9)13(18)16-10-4-2-3-5-11(10)21-14/h2-5,9H,6-8H2,1H3,(H,15,17)(H,16,18)/t9-,14-/m0/s1. The molecule has 2 aliphatic rings. The lowest BCUT2D eigenvalue weighted by Gasteiger charge is -2.32. The van der Waals surface area contributed by atoms with Crippen LogP contribution >= 0.6 is 11.8 Å². The lowest BCUT2D eigenvalue weighted by molar-refractivity contribution is -0.130. The number of carbonyl (C=O) groups excluding carboxylic acids is 2. The lowest BCUT2D eigenvalue weighted by atomic mass is 10.1. The second-order valence-electron chi connectivity index (χ2n) is 5.66. The average Bonchev–Trinajstić information content (AvgIpc) is 2.79. The zero-order valence-corrected chi connectivity index (χ0v) is 13.6. The van der Waals surface area contributed by atoms with Gasteiger partial charge < -0.3 is 10.6 Å². The number of sulfone groups is 1. The zero-order chi connectivity index (χ0) is 16.0. The Morgan fingerprint density at radius 3 is 2.82 bits per heavy atom. The van der Waals surface area contributed by atoms with E-state index in [9.17, 15) is 18.0 Å². The molecule has 0 saturated carbocycles. The average molecular weight is 340 g/mol. The van der Waals surface area contributed by atoms with Gasteiger partial charge in [0.1, 0.15) is 0 Å². The van der Waals surface area contributed by atoms with Gasteiger partial charge in [-0.2, -0.15) is 0 Å². The molecule has 2 aliphatic heterocycles. The van der Waals surface area contributed by atoms with Crippen molar-refractivity contribution in [3.8, 4) is 0 Å². The molecule has 1 fully saturated rings. The van der Waals surface area contributed by atoms with Gasteiger partial charge in [-0.15, -0.1) is 0 Å². The molecule has 0 spiro atoms. The fraction of sp³-hybridized carbons (Fsp3) is 0.429. The summed E-state index contributed by atoms with van der Waals surface area (Å²) in [4.78, 5) is 25.6. The number of amides is 2. The molecule has 1 aromatic rings. The summed E-state index contributed by atoms with van der Waals surface area (Å²) in [6.07, 6.45) is 0.396. The molecule has 0 bridgehead atoms. The quantitative estimate of drug-likeness (QED) is 0.777. The molecule has 8 heteroatoms. The molecular formula is C14H16N2O4S2. The molecule has 2 amide bonds. The van der Waals surface area contributed by atoms with Crippen LogP contribution in [0.5, 0.6) is 0 Å². The summed E-state index contributed by atoms with van der Waals surface area (Å²) in [7, 11) is -3.08. The third-order valence-corrected chi connectivity index (χ3v) is 7.01. The number of anilines is 1. The first-order chi connectivity index (χ1) is 10.3. The summed E-state index contributed by atoms with van der Waals surface area (Å²) in [6, 6.07) is 6.85. The second kappa shape index (κ2) is 5.27. The number of thioether (sulfide) groups is 1. The van der Waals surface area contributed by atoms with Crippen LogP contribution in [0.2, 0.25) is 0 Å². The monoisotopic (exact) mass is 340 g/mol. The Bertz CT molecular complexity index is 747. The first-order valence-electron chi connectivity index (χ1n) is 6.91. The summed E-state index contributed by atoms with van der Waals surface area (Å²) in [5, 5.41) is 5.44. The maximum absolute atomic E-state index is 12.5. The Hall–Kier alpha value is -1.54. The van der Waals surface area contributed by atoms with Gasteiger partial charge in [0, 0.05) is 10.9 Å². The number of fused-ring (bicyclic) bond motifs is 1. The number of hydrogen-bond donors (Lipinski definition) is 2. The van der Waals surface area contributed by atoms with Crippen molar-refractivity contribution in [1.29, 1.82) is 0 Å². The Balaban J connectivity index is 1.78. The van der Waals surface area contributed by atoms with Crippen LogP contribution in [0.3, 0.4) is 0 Å². The van der Waals surface area contributed by atoms with E-state index in [4.69, 9.17) is 0 Å². The van der Waals surface area contributed by atoms with Gasteiger partial charge in [-0.05, 0) is 25.5 Å². The van der Waals surface area contributed by atoms with Gasteiger partial charge in [0.2, 0.25) is 11.8 Å². The summed E-state index contributed by atoms with van der Waals surface area (Å²) in [5.74, 6) is -0.824. The van der Waals surface area contributed by atoms with Crippen LogP contribution in [0.25, 0.3) is 0 Å². The van der Waals surface area contributed by atoms with Crippen LogP contribution in [0.1, 0.15) is 13.3 Å². The van der Waals surface area contributed by atoms with Crippen LogP contribution in [0.4, 0.5) is 5.69 Å². The topological polar surface area (TPSA) is 92.3 Å². The minimum absolute atomic E-state index is 0.0578. The molecule has 1 aromatic carbocycles. The predicted molar refractivity (Wildman–Crippen MR) is 84.5 cm³/mol. The second-order valence-corrected chi connectivity index (χ2v) is 9.35. The highest BCUT2D eigenvalue weighted by Gasteiger charge is 2.47. The van der Waals surface area contributed by atoms with Gasteiger partial charge in [-0.1, -0.05) is 23.9 Å². The van der Waals surface area contributed by atoms with Gasteiger partial charge in [-0.3, -0.25) is 9.59 Å². The van der Waals surface area contributed by atoms with Gasteiger partial charge in [0.25, 0.3) is 0 Å². The molecule has 22 heavy (non-hydrogen) atoms. The Kier molecular flexibility index (Phi) is 3.68. The molecule has 2 atom stereocenters. The van der Waals surface area contributed by atoms with E-state index >= 15 is 0 Å². The molecule has 0 aromatic heterocycles. The fourth-order valence-corrected chi connectivity index (χ4v) is 5.33. The molecule has 3 rings (SSSR count). The van der Waals surface area contributed by atoms with Crippen molar-refractivity contribution < 1.29 is 18.0 Å². The predicted octanol–water partition coefficient (Wildman–Crippen LogP) is 0.793. The molecule has 2 N–H and O–H groups in total. The number of nitrogens with one attached hydrogen (secondary N) is 2. The van der Waals surface area contributed by atoms with Gasteiger partial charge in [0.15, 0.2) is 14.6 Å². The normalized spacial score (nSPS) is 29.5. The molecule has 1 saturated heterocycles. The molecule has 118 valence electrons. The van der Waals surface area contributed by atoms with Crippen molar-refractivity contribution in [3.63, 3.8) is 0 Å². The molecule has 0 aliphatic carbocycles. The summed E-state index contributed by atoms with van der Waals surface area (Å²) in [6.45, 7) is 1.56. The van der Waals surface area contributed by atoms with E-state index < -0.39 is 32.4 Å². The van der Waals surface area contributed by atoms with E-state index in [1.807, 2.05) is 18.2 Å². The Morgan fingerprint density at radius 2 is 2.14 bits per heavy atom. The van der Waals surface area contributed by atoms with Crippen LogP contribution < -0.4 is 10.6 Å². The number of benzene rings is 1. The maximum atomic E-state index is 12.5. The minimum Gasteiger partial charge on any atom is -0.351 e. The van der Waals surface area contributed by atoms with Crippen molar-refractivity contribution in [3.05, 3.63) is 24.3 Å². The maximum Gasteiger partial charge on any atom is 0.250 e. The van der Waals surface area contributed by atoms with E-state index in [1.165, 1.54) is 11.8 Å². The smallest absolute Gasteiger partial charge is 0.250 e. The third-order valence-electron chi connectivity index (χ3n) is 3.88. The van der Waals surface area contributed by atoms with Gasteiger partial charge in [0.05, 0.1) is 17.2 Å². The Labute approximate surface area is 133 Å². The van der Waals surface area contributed by atoms with Crippen LogP contribution in [0, 0.1) is 0 Å². The van der Waals surface area contributed by atoms with Crippen molar-refractivity contribution >= 4 is 39.1 Å². The van der Waals surface area contributed by atoms with Crippen LogP contribution in [0.15, 0.2) is 29.2 Å². The highest BCUT2D eigenvalue weighted by Crippen LogP contribution is 2.42. The van der Waals surface area contributed by atoms with E-state index in [0.717, 1.165) is 4.90 Å². The molecule has 2 heterocycles. The number of carbonyl (C=O) groups is 2. The minimum atomic E-state index is -3.08. The first kappa shape index (κ1) is 15.4. The largest absolute Gasteiger partial charge is 0.351 e. The van der Waals surface area contributed by atoms with Crippen LogP contribution in [-0.4, -0.2) is 42.5 Å². The van der Waals surface area contributed by atoms with Crippen molar-refractivity contribution in [2.45, 2.75) is 29.0 Å². The third kappa shape index (κ3) is 2.72. The van der Waals surface area contributed by atoms with Crippen molar-refractivity contribution in [2.24, 2.45) is 0 Å². The van der Waals surface area contributed by atoms with E-state index in [1.54, 1.807) is 13.0 Å².